The summed E-state index contributed by atoms with van der Waals surface area (Å²) in [6.45, 7) is 1.37. The fourth-order valence-corrected chi connectivity index (χ4v) is 4.99. The van der Waals surface area contributed by atoms with Gasteiger partial charge in [0.25, 0.3) is 5.91 Å². The molecule has 2 unspecified atom stereocenters. The molecule has 1 aromatic carbocycles. The van der Waals surface area contributed by atoms with Crippen molar-refractivity contribution < 1.29 is 13.6 Å². The summed E-state index contributed by atoms with van der Waals surface area (Å²) >= 11 is 1.53. The van der Waals surface area contributed by atoms with E-state index in [1.54, 1.807) is 12.3 Å². The Hall–Kier alpha value is -2.19. The SMILES string of the molecule is Cn1nccc1C1C=C(C(=O)N[C@H]2CNCCC2c2ccc(F)c(F)c2)SC1. The quantitative estimate of drug-likeness (QED) is 0.823. The van der Waals surface area contributed by atoms with E-state index in [9.17, 15) is 13.6 Å². The Morgan fingerprint density at radius 1 is 1.32 bits per heavy atom. The molecule has 1 saturated heterocycles. The number of rotatable bonds is 4. The smallest absolute Gasteiger partial charge is 0.257 e. The van der Waals surface area contributed by atoms with Gasteiger partial charge in [-0.3, -0.25) is 9.48 Å². The minimum atomic E-state index is -0.855. The van der Waals surface area contributed by atoms with Gasteiger partial charge in [-0.05, 0) is 36.7 Å². The first-order valence-electron chi connectivity index (χ1n) is 9.32. The number of nitrogens with zero attached hydrogens (tertiary/aromatic N) is 2. The van der Waals surface area contributed by atoms with Crippen molar-refractivity contribution in [3.8, 4) is 0 Å². The Morgan fingerprint density at radius 2 is 2.18 bits per heavy atom. The Morgan fingerprint density at radius 3 is 2.93 bits per heavy atom. The van der Waals surface area contributed by atoms with E-state index in [0.29, 0.717) is 17.0 Å². The monoisotopic (exact) mass is 404 g/mol. The molecular weight excluding hydrogens is 382 g/mol. The maximum absolute atomic E-state index is 13.7. The molecule has 1 fully saturated rings. The summed E-state index contributed by atoms with van der Waals surface area (Å²) < 4.78 is 28.8. The molecule has 3 heterocycles. The molecule has 1 amide bonds. The molecular formula is C20H22F2N4OS. The summed E-state index contributed by atoms with van der Waals surface area (Å²) in [5.41, 5.74) is 1.79. The van der Waals surface area contributed by atoms with E-state index in [0.717, 1.165) is 30.5 Å². The third-order valence-corrected chi connectivity index (χ3v) is 6.56. The van der Waals surface area contributed by atoms with Gasteiger partial charge >= 0.3 is 0 Å². The zero-order valence-electron chi connectivity index (χ0n) is 15.5. The van der Waals surface area contributed by atoms with E-state index in [-0.39, 0.29) is 23.8 Å². The number of piperidine rings is 1. The van der Waals surface area contributed by atoms with Gasteiger partial charge in [0.05, 0.1) is 4.91 Å². The maximum atomic E-state index is 13.7. The normalized spacial score (nSPS) is 24.8. The molecule has 5 nitrogen and oxygen atoms in total. The van der Waals surface area contributed by atoms with Crippen LogP contribution in [-0.4, -0.2) is 40.6 Å². The zero-order valence-corrected chi connectivity index (χ0v) is 16.3. The molecule has 2 aliphatic heterocycles. The molecule has 0 radical (unpaired) electrons. The fourth-order valence-electron chi connectivity index (χ4n) is 3.91. The first kappa shape index (κ1) is 19.1. The second-order valence-corrected chi connectivity index (χ2v) is 8.24. The van der Waals surface area contributed by atoms with Crippen LogP contribution in [0.25, 0.3) is 0 Å². The van der Waals surface area contributed by atoms with Crippen molar-refractivity contribution in [3.63, 3.8) is 0 Å². The molecule has 0 saturated carbocycles. The number of benzene rings is 1. The number of thioether (sulfide) groups is 1. The van der Waals surface area contributed by atoms with Gasteiger partial charge in [0.1, 0.15) is 0 Å². The van der Waals surface area contributed by atoms with Crippen molar-refractivity contribution in [2.24, 2.45) is 7.05 Å². The lowest BCUT2D eigenvalue weighted by Crippen LogP contribution is -2.50. The van der Waals surface area contributed by atoms with Crippen molar-refractivity contribution in [2.75, 3.05) is 18.8 Å². The highest BCUT2D eigenvalue weighted by Crippen LogP contribution is 2.36. The minimum absolute atomic E-state index is 0.0554. The van der Waals surface area contributed by atoms with Crippen LogP contribution < -0.4 is 10.6 Å². The highest BCUT2D eigenvalue weighted by Gasteiger charge is 2.31. The number of halogens is 2. The average molecular weight is 404 g/mol. The number of aryl methyl sites for hydroxylation is 1. The average Bonchev–Trinajstić information content (AvgIpc) is 3.33. The first-order chi connectivity index (χ1) is 13.5. The van der Waals surface area contributed by atoms with Crippen molar-refractivity contribution >= 4 is 17.7 Å². The van der Waals surface area contributed by atoms with Crippen LogP contribution in [0.2, 0.25) is 0 Å². The largest absolute Gasteiger partial charge is 0.347 e. The number of allylic oxidation sites excluding steroid dienone is 1. The Labute approximate surface area is 166 Å². The van der Waals surface area contributed by atoms with E-state index < -0.39 is 11.6 Å². The van der Waals surface area contributed by atoms with Crippen LogP contribution in [0.1, 0.15) is 29.5 Å². The molecule has 2 aromatic rings. The number of carbonyl (C=O) groups excluding carboxylic acids is 1. The number of carbonyl (C=O) groups is 1. The summed E-state index contributed by atoms with van der Waals surface area (Å²) in [6, 6.07) is 5.79. The summed E-state index contributed by atoms with van der Waals surface area (Å²) in [4.78, 5) is 13.5. The summed E-state index contributed by atoms with van der Waals surface area (Å²) in [5, 5.41) is 10.6. The molecule has 28 heavy (non-hydrogen) atoms. The Balaban J connectivity index is 1.48. The minimum Gasteiger partial charge on any atom is -0.347 e. The van der Waals surface area contributed by atoms with E-state index in [1.807, 2.05) is 23.9 Å². The fraction of sp³-hybridized carbons (Fsp3) is 0.400. The first-order valence-corrected chi connectivity index (χ1v) is 10.3. The maximum Gasteiger partial charge on any atom is 0.257 e. The van der Waals surface area contributed by atoms with Crippen LogP contribution in [-0.2, 0) is 11.8 Å². The third kappa shape index (κ3) is 3.84. The molecule has 1 aromatic heterocycles. The number of hydrogen-bond acceptors (Lipinski definition) is 4. The van der Waals surface area contributed by atoms with Gasteiger partial charge in [-0.15, -0.1) is 11.8 Å². The molecule has 2 aliphatic rings. The van der Waals surface area contributed by atoms with Gasteiger partial charge in [-0.1, -0.05) is 12.1 Å². The van der Waals surface area contributed by atoms with Gasteiger partial charge in [-0.25, -0.2) is 8.78 Å². The zero-order chi connectivity index (χ0) is 19.7. The molecule has 2 N–H and O–H groups in total. The Kier molecular flexibility index (Phi) is 5.50. The number of nitrogens with one attached hydrogen (secondary N) is 2. The summed E-state index contributed by atoms with van der Waals surface area (Å²) in [5.74, 6) is -0.917. The van der Waals surface area contributed by atoms with Crippen LogP contribution in [0.5, 0.6) is 0 Å². The van der Waals surface area contributed by atoms with Crippen molar-refractivity contribution in [2.45, 2.75) is 24.3 Å². The second kappa shape index (κ2) is 8.05. The highest BCUT2D eigenvalue weighted by atomic mass is 32.2. The van der Waals surface area contributed by atoms with Crippen LogP contribution >= 0.6 is 11.8 Å². The number of aromatic nitrogens is 2. The third-order valence-electron chi connectivity index (χ3n) is 5.40. The lowest BCUT2D eigenvalue weighted by Gasteiger charge is -2.33. The predicted molar refractivity (Wildman–Crippen MR) is 105 cm³/mol. The molecule has 3 atom stereocenters. The van der Waals surface area contributed by atoms with Crippen molar-refractivity contribution in [1.29, 1.82) is 0 Å². The Bertz CT molecular complexity index is 913. The van der Waals surface area contributed by atoms with Crippen LogP contribution in [0.3, 0.4) is 0 Å². The van der Waals surface area contributed by atoms with Gasteiger partial charge in [-0.2, -0.15) is 5.10 Å². The highest BCUT2D eigenvalue weighted by molar-refractivity contribution is 8.04. The van der Waals surface area contributed by atoms with Crippen molar-refractivity contribution in [1.82, 2.24) is 20.4 Å². The van der Waals surface area contributed by atoms with Gasteiger partial charge < -0.3 is 10.6 Å². The summed E-state index contributed by atoms with van der Waals surface area (Å²) in [6.07, 6.45) is 4.49. The van der Waals surface area contributed by atoms with Crippen molar-refractivity contribution in [3.05, 3.63) is 64.3 Å². The van der Waals surface area contributed by atoms with E-state index >= 15 is 0 Å². The molecule has 148 valence electrons. The molecule has 0 bridgehead atoms. The summed E-state index contributed by atoms with van der Waals surface area (Å²) in [7, 11) is 1.89. The molecule has 0 aliphatic carbocycles. The van der Waals surface area contributed by atoms with Crippen LogP contribution in [0.15, 0.2) is 41.4 Å². The molecule has 8 heteroatoms. The molecule has 0 spiro atoms. The topological polar surface area (TPSA) is 59.0 Å². The lowest BCUT2D eigenvalue weighted by atomic mass is 9.86. The molecule has 4 rings (SSSR count). The van der Waals surface area contributed by atoms with E-state index in [1.165, 1.54) is 17.8 Å². The number of amides is 1. The van der Waals surface area contributed by atoms with E-state index in [4.69, 9.17) is 0 Å². The van der Waals surface area contributed by atoms with E-state index in [2.05, 4.69) is 15.7 Å². The van der Waals surface area contributed by atoms with Gasteiger partial charge in [0, 0.05) is 49.1 Å². The van der Waals surface area contributed by atoms with Gasteiger partial charge in [0.15, 0.2) is 11.6 Å². The van der Waals surface area contributed by atoms with Gasteiger partial charge in [0.2, 0.25) is 0 Å². The second-order valence-electron chi connectivity index (χ2n) is 7.18. The predicted octanol–water partition coefficient (Wildman–Crippen LogP) is 2.67. The lowest BCUT2D eigenvalue weighted by molar-refractivity contribution is -0.117. The van der Waals surface area contributed by atoms with Crippen LogP contribution in [0.4, 0.5) is 8.78 Å². The standard InChI is InChI=1S/C20H22F2N4OS/c1-26-18(5-7-24-26)13-9-19(28-11-13)20(27)25-17-10-23-6-4-14(17)12-2-3-15(21)16(22)8-12/h2-3,5,7-9,13-14,17,23H,4,6,10-11H2,1H3,(H,25,27)/t13?,14?,17-/m0/s1. The van der Waals surface area contributed by atoms with Crippen LogP contribution in [0, 0.1) is 11.6 Å². The number of hydrogen-bond donors (Lipinski definition) is 2.